The number of aryl methyl sites for hydroxylation is 1. The molecule has 1 aromatic carbocycles. The smallest absolute Gasteiger partial charge is 0.261 e. The van der Waals surface area contributed by atoms with Gasteiger partial charge in [-0.1, -0.05) is 45.0 Å². The van der Waals surface area contributed by atoms with Crippen molar-refractivity contribution < 1.29 is 15.0 Å². The summed E-state index contributed by atoms with van der Waals surface area (Å²) in [6.45, 7) is 8.37. The minimum atomic E-state index is -0.750. The van der Waals surface area contributed by atoms with E-state index in [1.165, 1.54) is 23.0 Å². The Labute approximate surface area is 255 Å². The lowest BCUT2D eigenvalue weighted by Crippen LogP contribution is -2.32. The van der Waals surface area contributed by atoms with E-state index in [4.69, 9.17) is 4.98 Å². The van der Waals surface area contributed by atoms with Gasteiger partial charge in [0.2, 0.25) is 5.56 Å². The normalized spacial score (nSPS) is 21.6. The Balaban J connectivity index is 1.22. The van der Waals surface area contributed by atoms with Crippen molar-refractivity contribution in [3.8, 4) is 11.1 Å². The van der Waals surface area contributed by atoms with Crippen LogP contribution < -0.4 is 10.9 Å². The van der Waals surface area contributed by atoms with E-state index in [1.807, 2.05) is 35.2 Å². The van der Waals surface area contributed by atoms with E-state index in [0.29, 0.717) is 36.9 Å². The third-order valence-corrected chi connectivity index (χ3v) is 10.2. The fraction of sp³-hybridized carbons (Fsp3) is 0.441. The molecule has 9 heteroatoms. The summed E-state index contributed by atoms with van der Waals surface area (Å²) in [6.07, 6.45) is 3.95. The largest absolute Gasteiger partial charge is 0.389 e. The molecule has 0 saturated carbocycles. The van der Waals surface area contributed by atoms with Crippen LogP contribution in [0.25, 0.3) is 21.3 Å². The van der Waals surface area contributed by atoms with Crippen molar-refractivity contribution in [2.24, 2.45) is 11.3 Å². The summed E-state index contributed by atoms with van der Waals surface area (Å²) < 4.78 is 0. The van der Waals surface area contributed by atoms with Crippen LogP contribution in [-0.2, 0) is 12.8 Å². The van der Waals surface area contributed by atoms with E-state index >= 15 is 0 Å². The molecule has 4 N–H and O–H groups in total. The zero-order valence-electron chi connectivity index (χ0n) is 25.0. The van der Waals surface area contributed by atoms with Crippen molar-refractivity contribution in [1.82, 2.24) is 20.2 Å². The number of benzene rings is 1. The number of nitrogens with one attached hydrogen (secondary N) is 2. The second-order valence-electron chi connectivity index (χ2n) is 13.2. The lowest BCUT2D eigenvalue weighted by atomic mass is 9.71. The number of amides is 1. The van der Waals surface area contributed by atoms with Crippen LogP contribution in [0.4, 0.5) is 0 Å². The molecule has 1 aliphatic heterocycles. The fourth-order valence-electron chi connectivity index (χ4n) is 6.37. The second-order valence-corrected chi connectivity index (χ2v) is 14.2. The zero-order chi connectivity index (χ0) is 30.3. The minimum absolute atomic E-state index is 0.134. The molecule has 0 radical (unpaired) electrons. The Morgan fingerprint density at radius 1 is 1.09 bits per heavy atom. The predicted molar refractivity (Wildman–Crippen MR) is 170 cm³/mol. The summed E-state index contributed by atoms with van der Waals surface area (Å²) in [4.78, 5) is 36.4. The number of nitrogens with zero attached hydrogens (tertiary/aromatic N) is 2. The van der Waals surface area contributed by atoms with Gasteiger partial charge < -0.3 is 20.5 Å². The molecule has 4 heterocycles. The maximum absolute atomic E-state index is 13.7. The van der Waals surface area contributed by atoms with E-state index in [0.717, 1.165) is 51.9 Å². The van der Waals surface area contributed by atoms with Crippen molar-refractivity contribution >= 4 is 27.5 Å². The highest BCUT2D eigenvalue weighted by atomic mass is 32.1. The van der Waals surface area contributed by atoms with E-state index < -0.39 is 12.2 Å². The quantitative estimate of drug-likeness (QED) is 0.244. The van der Waals surface area contributed by atoms with Gasteiger partial charge in [0.05, 0.1) is 23.1 Å². The molecule has 8 nitrogen and oxygen atoms in total. The first kappa shape index (κ1) is 29.7. The molecule has 3 aromatic heterocycles. The molecule has 4 atom stereocenters. The molecule has 0 unspecified atom stereocenters. The molecule has 6 rings (SSSR count). The lowest BCUT2D eigenvalue weighted by Gasteiger charge is -2.34. The van der Waals surface area contributed by atoms with Gasteiger partial charge in [-0.2, -0.15) is 0 Å². The van der Waals surface area contributed by atoms with Crippen molar-refractivity contribution in [1.29, 1.82) is 0 Å². The molecular weight excluding hydrogens is 560 g/mol. The number of hydrogen-bond donors (Lipinski definition) is 4. The molecular formula is C34H40N4O4S. The molecule has 0 bridgehead atoms. The lowest BCUT2D eigenvalue weighted by molar-refractivity contribution is 0.0572. The van der Waals surface area contributed by atoms with E-state index in [1.54, 1.807) is 12.3 Å². The van der Waals surface area contributed by atoms with Crippen molar-refractivity contribution in [2.75, 3.05) is 19.6 Å². The first-order valence-electron chi connectivity index (χ1n) is 15.1. The fourth-order valence-corrected chi connectivity index (χ4v) is 7.30. The third-order valence-electron chi connectivity index (χ3n) is 9.13. The summed E-state index contributed by atoms with van der Waals surface area (Å²) >= 11 is 1.44. The van der Waals surface area contributed by atoms with Gasteiger partial charge in [-0.25, -0.2) is 4.98 Å². The first-order chi connectivity index (χ1) is 20.5. The highest BCUT2D eigenvalue weighted by molar-refractivity contribution is 7.20. The number of β-amino-alcohol motifs (C(OH)–C–C–N with tert-alkyl or cyclic N) is 2. The number of fused-ring (bicyclic) bond motifs is 2. The molecule has 1 amide bonds. The van der Waals surface area contributed by atoms with E-state index in [9.17, 15) is 19.8 Å². The average Bonchev–Trinajstić information content (AvgIpc) is 3.55. The number of H-pyrrole nitrogens is 1. The van der Waals surface area contributed by atoms with Crippen LogP contribution >= 0.6 is 11.3 Å². The molecule has 43 heavy (non-hydrogen) atoms. The number of aliphatic hydroxyl groups excluding tert-OH is 2. The van der Waals surface area contributed by atoms with Gasteiger partial charge in [0.15, 0.2) is 0 Å². The number of carbonyl (C=O) groups is 1. The monoisotopic (exact) mass is 600 g/mol. The molecule has 0 spiro atoms. The highest BCUT2D eigenvalue weighted by Gasteiger charge is 2.31. The number of likely N-dealkylation sites (tertiary alicyclic amines) is 1. The van der Waals surface area contributed by atoms with Crippen molar-refractivity contribution in [2.45, 2.75) is 64.7 Å². The molecule has 226 valence electrons. The molecule has 1 fully saturated rings. The maximum Gasteiger partial charge on any atom is 0.261 e. The summed E-state index contributed by atoms with van der Waals surface area (Å²) in [5.74, 6) is 0.486. The molecule has 4 aromatic rings. The third kappa shape index (κ3) is 6.60. The van der Waals surface area contributed by atoms with E-state index in [-0.39, 0.29) is 22.9 Å². The number of pyridine rings is 2. The average molecular weight is 601 g/mol. The maximum atomic E-state index is 13.7. The predicted octanol–water partition coefficient (Wildman–Crippen LogP) is 4.70. The van der Waals surface area contributed by atoms with Crippen LogP contribution in [-0.4, -0.2) is 62.8 Å². The SMILES string of the molecule is CC(C)(C)[C@H]1CCc2nc3sc(C(=O)N[C@H](CCN4C[C@@H](O)[C@@H](O)C4)c4ccc(-c5ccc(=O)[nH]c5)cc4)cc3cc2C1. The second kappa shape index (κ2) is 12.0. The minimum Gasteiger partial charge on any atom is -0.389 e. The standard InChI is InChI=1S/C34H40N4O4S/c1-34(2,3)25-9-10-26-23(15-25)14-24-16-30(43-33(24)37-26)32(42)36-27(12-13-38-18-28(39)29(40)19-38)21-6-4-20(5-7-21)22-8-11-31(41)35-17-22/h4-8,11,14,16-17,25,27-29,39-40H,9-10,12-13,15,18-19H2,1-3H3,(H,35,41)(H,36,42)/t25-,27+,28-,29+/m0/s1. The summed E-state index contributed by atoms with van der Waals surface area (Å²) in [5, 5.41) is 24.3. The van der Waals surface area contributed by atoms with E-state index in [2.05, 4.69) is 37.1 Å². The van der Waals surface area contributed by atoms with Crippen LogP contribution in [0, 0.1) is 11.3 Å². The van der Waals surface area contributed by atoms with Crippen LogP contribution in [0.3, 0.4) is 0 Å². The topological polar surface area (TPSA) is 119 Å². The van der Waals surface area contributed by atoms with Crippen molar-refractivity contribution in [3.05, 3.63) is 86.8 Å². The van der Waals surface area contributed by atoms with Gasteiger partial charge in [0.25, 0.3) is 5.91 Å². The molecule has 1 aliphatic carbocycles. The van der Waals surface area contributed by atoms with Crippen molar-refractivity contribution in [3.63, 3.8) is 0 Å². The number of aromatic nitrogens is 2. The van der Waals surface area contributed by atoms with Crippen LogP contribution in [0.15, 0.2) is 59.5 Å². The van der Waals surface area contributed by atoms with Crippen LogP contribution in [0.2, 0.25) is 0 Å². The number of carbonyl (C=O) groups excluding carboxylic acids is 1. The van der Waals surface area contributed by atoms with Crippen LogP contribution in [0.1, 0.15) is 66.1 Å². The van der Waals surface area contributed by atoms with Gasteiger partial charge in [0, 0.05) is 43.0 Å². The number of aliphatic hydroxyl groups is 2. The number of aromatic amines is 1. The molecule has 1 saturated heterocycles. The Bertz CT molecular complexity index is 1640. The Morgan fingerprint density at radius 3 is 2.49 bits per heavy atom. The Hall–Kier alpha value is -3.37. The van der Waals surface area contributed by atoms with Gasteiger partial charge in [-0.3, -0.25) is 14.5 Å². The molecule has 2 aliphatic rings. The zero-order valence-corrected chi connectivity index (χ0v) is 25.8. The van der Waals surface area contributed by atoms with Gasteiger partial charge in [-0.05, 0) is 77.5 Å². The van der Waals surface area contributed by atoms with Gasteiger partial charge in [0.1, 0.15) is 4.83 Å². The van der Waals surface area contributed by atoms with Gasteiger partial charge >= 0.3 is 0 Å². The van der Waals surface area contributed by atoms with Gasteiger partial charge in [-0.15, -0.1) is 11.3 Å². The highest BCUT2D eigenvalue weighted by Crippen LogP contribution is 2.38. The first-order valence-corrected chi connectivity index (χ1v) is 16.0. The Morgan fingerprint density at radius 2 is 1.81 bits per heavy atom. The summed E-state index contributed by atoms with van der Waals surface area (Å²) in [7, 11) is 0. The number of hydrogen-bond acceptors (Lipinski definition) is 7. The number of thiophene rings is 1. The summed E-state index contributed by atoms with van der Waals surface area (Å²) in [5.41, 5.74) is 5.40. The number of rotatable bonds is 7. The summed E-state index contributed by atoms with van der Waals surface area (Å²) in [6, 6.07) is 15.2. The Kier molecular flexibility index (Phi) is 8.26. The van der Waals surface area contributed by atoms with Crippen LogP contribution in [0.5, 0.6) is 0 Å².